The van der Waals surface area contributed by atoms with Gasteiger partial charge in [0.25, 0.3) is 0 Å². The lowest BCUT2D eigenvalue weighted by Crippen LogP contribution is -2.56. The highest BCUT2D eigenvalue weighted by molar-refractivity contribution is 6.14. The molecule has 1 saturated heterocycles. The molecule has 0 N–H and O–H groups in total. The van der Waals surface area contributed by atoms with E-state index in [0.29, 0.717) is 0 Å². The zero-order chi connectivity index (χ0) is 12.8. The molecule has 1 aliphatic rings. The normalized spacial score (nSPS) is 16.9. The first kappa shape index (κ1) is 13.6. The van der Waals surface area contributed by atoms with Gasteiger partial charge in [-0.1, -0.05) is 0 Å². The van der Waals surface area contributed by atoms with Gasteiger partial charge < -0.3 is 9.47 Å². The van der Waals surface area contributed by atoms with E-state index in [-0.39, 0.29) is 32.7 Å². The van der Waals surface area contributed by atoms with Crippen molar-refractivity contribution in [2.45, 2.75) is 6.42 Å². The molecule has 4 amide bonds. The van der Waals surface area contributed by atoms with Crippen molar-refractivity contribution in [1.29, 1.82) is 0 Å². The van der Waals surface area contributed by atoms with Gasteiger partial charge in [-0.3, -0.25) is 19.4 Å². The molecule has 0 spiro atoms. The summed E-state index contributed by atoms with van der Waals surface area (Å²) in [6.07, 6.45) is -0.279. The summed E-state index contributed by atoms with van der Waals surface area (Å²) >= 11 is 0. The Bertz CT molecular complexity index is 290. The van der Waals surface area contributed by atoms with E-state index in [1.54, 1.807) is 0 Å². The summed E-state index contributed by atoms with van der Waals surface area (Å²) in [5.74, 6) is -0.962. The molecule has 1 heterocycles. The maximum Gasteiger partial charge on any atom is 0.333 e. The Kier molecular flexibility index (Phi) is 5.05. The summed E-state index contributed by atoms with van der Waals surface area (Å²) in [7, 11) is 2.96. The van der Waals surface area contributed by atoms with E-state index in [1.165, 1.54) is 14.2 Å². The second kappa shape index (κ2) is 6.31. The largest absolute Gasteiger partial charge is 0.383 e. The summed E-state index contributed by atoms with van der Waals surface area (Å²) in [6.45, 7) is 0.823. The summed E-state index contributed by atoms with van der Waals surface area (Å²) in [4.78, 5) is 36.9. The average Bonchev–Trinajstić information content (AvgIpc) is 2.28. The Morgan fingerprint density at radius 1 is 0.941 bits per heavy atom. The van der Waals surface area contributed by atoms with Crippen molar-refractivity contribution in [1.82, 2.24) is 9.80 Å². The number of hydrogen-bond donors (Lipinski definition) is 0. The van der Waals surface area contributed by atoms with Crippen LogP contribution in [0.2, 0.25) is 0 Å². The molecular formula is C10H16N2O5. The Morgan fingerprint density at radius 3 is 1.71 bits per heavy atom. The number of nitrogens with zero attached hydrogens (tertiary/aromatic N) is 2. The van der Waals surface area contributed by atoms with Crippen LogP contribution in [0.4, 0.5) is 4.79 Å². The summed E-state index contributed by atoms with van der Waals surface area (Å²) in [6, 6.07) is -0.597. The molecule has 0 unspecified atom stereocenters. The number of amides is 4. The van der Waals surface area contributed by atoms with Crippen molar-refractivity contribution in [2.75, 3.05) is 40.5 Å². The van der Waals surface area contributed by atoms with Gasteiger partial charge in [0.15, 0.2) is 0 Å². The molecular weight excluding hydrogens is 228 g/mol. The van der Waals surface area contributed by atoms with Crippen LogP contribution in [-0.2, 0) is 19.1 Å². The standard InChI is InChI=1S/C10H16N2O5/c1-16-5-3-11-8(13)7-9(14)12(10(11)15)4-6-17-2/h3-7H2,1-2H3. The van der Waals surface area contributed by atoms with Crippen molar-refractivity contribution >= 4 is 17.8 Å². The first-order chi connectivity index (χ1) is 8.11. The molecule has 0 aromatic carbocycles. The number of carbonyl (C=O) groups excluding carboxylic acids is 3. The third-order valence-electron chi connectivity index (χ3n) is 2.40. The fourth-order valence-corrected chi connectivity index (χ4v) is 1.49. The van der Waals surface area contributed by atoms with Gasteiger partial charge in [-0.2, -0.15) is 0 Å². The fraction of sp³-hybridized carbons (Fsp3) is 0.700. The SMILES string of the molecule is COCCN1C(=O)CC(=O)N(CCOC)C1=O. The van der Waals surface area contributed by atoms with Crippen LogP contribution in [-0.4, -0.2) is 68.2 Å². The monoisotopic (exact) mass is 244 g/mol. The smallest absolute Gasteiger partial charge is 0.333 e. The van der Waals surface area contributed by atoms with E-state index in [4.69, 9.17) is 9.47 Å². The molecule has 1 fully saturated rings. The summed E-state index contributed by atoms with van der Waals surface area (Å²) in [5.41, 5.74) is 0. The van der Waals surface area contributed by atoms with Gasteiger partial charge >= 0.3 is 6.03 Å². The van der Waals surface area contributed by atoms with Crippen LogP contribution >= 0.6 is 0 Å². The van der Waals surface area contributed by atoms with E-state index < -0.39 is 17.8 Å². The maximum atomic E-state index is 11.9. The fourth-order valence-electron chi connectivity index (χ4n) is 1.49. The van der Waals surface area contributed by atoms with Crippen LogP contribution in [0, 0.1) is 0 Å². The van der Waals surface area contributed by atoms with Crippen molar-refractivity contribution < 1.29 is 23.9 Å². The van der Waals surface area contributed by atoms with Crippen LogP contribution in [0.5, 0.6) is 0 Å². The number of hydrogen-bond acceptors (Lipinski definition) is 5. The van der Waals surface area contributed by atoms with Gasteiger partial charge in [0.05, 0.1) is 26.3 Å². The molecule has 7 heteroatoms. The second-order valence-electron chi connectivity index (χ2n) is 3.54. The van der Waals surface area contributed by atoms with E-state index in [9.17, 15) is 14.4 Å². The summed E-state index contributed by atoms with van der Waals surface area (Å²) in [5, 5.41) is 0. The highest BCUT2D eigenvalue weighted by Gasteiger charge is 2.37. The molecule has 0 aliphatic carbocycles. The highest BCUT2D eigenvalue weighted by atomic mass is 16.5. The van der Waals surface area contributed by atoms with Crippen molar-refractivity contribution in [3.8, 4) is 0 Å². The van der Waals surface area contributed by atoms with E-state index >= 15 is 0 Å². The number of methoxy groups -OCH3 is 2. The lowest BCUT2D eigenvalue weighted by atomic mass is 10.2. The number of ether oxygens (including phenoxy) is 2. The van der Waals surface area contributed by atoms with Crippen LogP contribution in [0.15, 0.2) is 0 Å². The lowest BCUT2D eigenvalue weighted by Gasteiger charge is -2.32. The van der Waals surface area contributed by atoms with Crippen LogP contribution < -0.4 is 0 Å². The van der Waals surface area contributed by atoms with Gasteiger partial charge in [0.1, 0.15) is 6.42 Å². The van der Waals surface area contributed by atoms with E-state index in [2.05, 4.69) is 0 Å². The third kappa shape index (κ3) is 3.24. The van der Waals surface area contributed by atoms with Gasteiger partial charge in [-0.25, -0.2) is 4.79 Å². The number of imide groups is 2. The molecule has 17 heavy (non-hydrogen) atoms. The van der Waals surface area contributed by atoms with Crippen molar-refractivity contribution in [3.05, 3.63) is 0 Å². The van der Waals surface area contributed by atoms with Crippen LogP contribution in [0.1, 0.15) is 6.42 Å². The van der Waals surface area contributed by atoms with Crippen molar-refractivity contribution in [2.24, 2.45) is 0 Å². The van der Waals surface area contributed by atoms with Crippen LogP contribution in [0.3, 0.4) is 0 Å². The molecule has 0 radical (unpaired) electrons. The number of rotatable bonds is 6. The Morgan fingerprint density at radius 2 is 1.35 bits per heavy atom. The minimum absolute atomic E-state index is 0.158. The Labute approximate surface area is 99.2 Å². The van der Waals surface area contributed by atoms with E-state index in [0.717, 1.165) is 9.80 Å². The lowest BCUT2D eigenvalue weighted by molar-refractivity contribution is -0.143. The van der Waals surface area contributed by atoms with Gasteiger partial charge in [-0.15, -0.1) is 0 Å². The zero-order valence-electron chi connectivity index (χ0n) is 9.97. The number of urea groups is 1. The average molecular weight is 244 g/mol. The molecule has 0 bridgehead atoms. The molecule has 0 aromatic rings. The highest BCUT2D eigenvalue weighted by Crippen LogP contribution is 2.11. The van der Waals surface area contributed by atoms with Gasteiger partial charge in [-0.05, 0) is 0 Å². The number of barbiturate groups is 1. The first-order valence-corrected chi connectivity index (χ1v) is 5.24. The van der Waals surface area contributed by atoms with Crippen LogP contribution in [0.25, 0.3) is 0 Å². The minimum atomic E-state index is -0.597. The number of carbonyl (C=O) groups is 3. The topological polar surface area (TPSA) is 76.2 Å². The Balaban J connectivity index is 2.69. The quantitative estimate of drug-likeness (QED) is 0.586. The minimum Gasteiger partial charge on any atom is -0.383 e. The van der Waals surface area contributed by atoms with E-state index in [1.807, 2.05) is 0 Å². The first-order valence-electron chi connectivity index (χ1n) is 5.24. The zero-order valence-corrected chi connectivity index (χ0v) is 9.97. The van der Waals surface area contributed by atoms with Gasteiger partial charge in [0.2, 0.25) is 11.8 Å². The second-order valence-corrected chi connectivity index (χ2v) is 3.54. The Hall–Kier alpha value is -1.47. The van der Waals surface area contributed by atoms with Gasteiger partial charge in [0, 0.05) is 14.2 Å². The predicted molar refractivity (Wildman–Crippen MR) is 57.2 cm³/mol. The summed E-state index contributed by atoms with van der Waals surface area (Å²) < 4.78 is 9.62. The molecule has 1 aliphatic heterocycles. The molecule has 1 rings (SSSR count). The predicted octanol–water partition coefficient (Wildman–Crippen LogP) is -0.540. The molecule has 0 aromatic heterocycles. The third-order valence-corrected chi connectivity index (χ3v) is 2.40. The molecule has 0 atom stereocenters. The molecule has 7 nitrogen and oxygen atoms in total. The van der Waals surface area contributed by atoms with Crippen molar-refractivity contribution in [3.63, 3.8) is 0 Å². The molecule has 96 valence electrons. The molecule has 0 saturated carbocycles. The maximum absolute atomic E-state index is 11.9.